The van der Waals surface area contributed by atoms with Gasteiger partial charge in [-0.2, -0.15) is 0 Å². The third-order valence-corrected chi connectivity index (χ3v) is 7.99. The van der Waals surface area contributed by atoms with Gasteiger partial charge in [0, 0.05) is 42.4 Å². The number of nitrogens with zero attached hydrogens (tertiary/aromatic N) is 2. The molecule has 32 heavy (non-hydrogen) atoms. The van der Waals surface area contributed by atoms with Crippen LogP contribution in [-0.4, -0.2) is 47.3 Å². The highest BCUT2D eigenvalue weighted by atomic mass is 19.1. The van der Waals surface area contributed by atoms with Crippen LogP contribution in [0.2, 0.25) is 0 Å². The van der Waals surface area contributed by atoms with Crippen LogP contribution in [0.25, 0.3) is 10.9 Å². The maximum absolute atomic E-state index is 14.5. The summed E-state index contributed by atoms with van der Waals surface area (Å²) in [5.74, 6) is 1.32. The predicted molar refractivity (Wildman–Crippen MR) is 123 cm³/mol. The summed E-state index contributed by atoms with van der Waals surface area (Å²) in [7, 11) is 1.68. The fourth-order valence-corrected chi connectivity index (χ4v) is 6.06. The molecule has 1 saturated carbocycles. The van der Waals surface area contributed by atoms with E-state index in [9.17, 15) is 9.50 Å². The largest absolute Gasteiger partial charge is 0.497 e. The van der Waals surface area contributed by atoms with Crippen LogP contribution in [0.4, 0.5) is 4.39 Å². The van der Waals surface area contributed by atoms with Gasteiger partial charge < -0.3 is 14.7 Å². The molecule has 2 fully saturated rings. The van der Waals surface area contributed by atoms with Gasteiger partial charge in [-0.05, 0) is 73.2 Å². The minimum Gasteiger partial charge on any atom is -0.497 e. The van der Waals surface area contributed by atoms with E-state index in [4.69, 9.17) is 9.72 Å². The first-order valence-corrected chi connectivity index (χ1v) is 11.7. The SMILES string of the molecule is COc1cccc([C@@]23CCN(CC4CC4)C[C@@]2(O)Cc2cc4c(F)cccc4nc2C3)c1. The Kier molecular flexibility index (Phi) is 4.57. The zero-order valence-electron chi connectivity index (χ0n) is 18.5. The summed E-state index contributed by atoms with van der Waals surface area (Å²) >= 11 is 0. The van der Waals surface area contributed by atoms with Crippen molar-refractivity contribution in [1.82, 2.24) is 9.88 Å². The van der Waals surface area contributed by atoms with Gasteiger partial charge in [0.2, 0.25) is 0 Å². The van der Waals surface area contributed by atoms with Crippen LogP contribution in [0.1, 0.15) is 36.1 Å². The molecule has 4 nitrogen and oxygen atoms in total. The van der Waals surface area contributed by atoms with Crippen molar-refractivity contribution in [1.29, 1.82) is 0 Å². The van der Waals surface area contributed by atoms with Crippen LogP contribution >= 0.6 is 0 Å². The summed E-state index contributed by atoms with van der Waals surface area (Å²) in [5, 5.41) is 12.9. The standard InChI is InChI=1S/C27H29FN2O2/c1-32-21-5-2-4-20(13-21)26-10-11-30(16-18-8-9-18)17-27(26,31)14-19-12-22-23(28)6-3-7-24(22)29-25(19)15-26/h2-7,12-13,18,31H,8-11,14-17H2,1H3/t26-,27-/m0/s1. The zero-order valence-corrected chi connectivity index (χ0v) is 18.5. The van der Waals surface area contributed by atoms with E-state index >= 15 is 0 Å². The number of rotatable bonds is 4. The third-order valence-electron chi connectivity index (χ3n) is 7.99. The summed E-state index contributed by atoms with van der Waals surface area (Å²) in [5.41, 5.74) is 2.35. The number of methoxy groups -OCH3 is 1. The topological polar surface area (TPSA) is 45.6 Å². The number of aromatic nitrogens is 1. The molecule has 3 aromatic rings. The number of β-amino-alcohol motifs (C(OH)–C–C–N with tert-alkyl or cyclic N) is 1. The number of pyridine rings is 1. The summed E-state index contributed by atoms with van der Waals surface area (Å²) in [6.45, 7) is 2.66. The van der Waals surface area contributed by atoms with Gasteiger partial charge in [-0.1, -0.05) is 18.2 Å². The van der Waals surface area contributed by atoms with E-state index in [0.717, 1.165) is 48.0 Å². The number of ether oxygens (including phenoxy) is 1. The molecular formula is C27H29FN2O2. The Labute approximate surface area is 188 Å². The summed E-state index contributed by atoms with van der Waals surface area (Å²) in [6.07, 6.45) is 4.60. The van der Waals surface area contributed by atoms with Crippen LogP contribution in [0, 0.1) is 11.7 Å². The molecule has 1 aliphatic heterocycles. The van der Waals surface area contributed by atoms with Crippen molar-refractivity contribution in [3.05, 3.63) is 71.2 Å². The molecule has 1 N–H and O–H groups in total. The Balaban J connectivity index is 1.49. The monoisotopic (exact) mass is 432 g/mol. The first kappa shape index (κ1) is 20.1. The van der Waals surface area contributed by atoms with Gasteiger partial charge >= 0.3 is 0 Å². The van der Waals surface area contributed by atoms with Crippen molar-refractivity contribution in [2.24, 2.45) is 5.92 Å². The lowest BCUT2D eigenvalue weighted by Crippen LogP contribution is -2.66. The maximum atomic E-state index is 14.5. The lowest BCUT2D eigenvalue weighted by atomic mass is 9.56. The minimum absolute atomic E-state index is 0.256. The van der Waals surface area contributed by atoms with Gasteiger partial charge in [0.15, 0.2) is 0 Å². The summed E-state index contributed by atoms with van der Waals surface area (Å²) in [6, 6.07) is 15.1. The molecule has 5 heteroatoms. The van der Waals surface area contributed by atoms with Gasteiger partial charge in [0.05, 0.1) is 18.2 Å². The molecule has 0 spiro atoms. The minimum atomic E-state index is -0.944. The number of likely N-dealkylation sites (tertiary alicyclic amines) is 1. The van der Waals surface area contributed by atoms with E-state index in [0.29, 0.717) is 30.3 Å². The van der Waals surface area contributed by atoms with E-state index in [2.05, 4.69) is 17.0 Å². The second-order valence-corrected chi connectivity index (χ2v) is 10.0. The normalized spacial score (nSPS) is 27.7. The first-order chi connectivity index (χ1) is 15.5. The highest BCUT2D eigenvalue weighted by molar-refractivity contribution is 5.80. The Morgan fingerprint density at radius 3 is 2.81 bits per heavy atom. The average Bonchev–Trinajstić information content (AvgIpc) is 3.60. The van der Waals surface area contributed by atoms with Crippen LogP contribution in [-0.2, 0) is 18.3 Å². The highest BCUT2D eigenvalue weighted by Gasteiger charge is 2.57. The second kappa shape index (κ2) is 7.26. The van der Waals surface area contributed by atoms with Gasteiger partial charge in [-0.3, -0.25) is 4.98 Å². The molecule has 0 unspecified atom stereocenters. The number of piperidine rings is 1. The van der Waals surface area contributed by atoms with Crippen molar-refractivity contribution in [2.75, 3.05) is 26.7 Å². The number of hydrogen-bond acceptors (Lipinski definition) is 4. The Morgan fingerprint density at radius 1 is 1.16 bits per heavy atom. The van der Waals surface area contributed by atoms with Crippen LogP contribution in [0.5, 0.6) is 5.75 Å². The molecule has 0 radical (unpaired) electrons. The fraction of sp³-hybridized carbons (Fsp3) is 0.444. The van der Waals surface area contributed by atoms with Crippen LogP contribution in [0.3, 0.4) is 0 Å². The fourth-order valence-electron chi connectivity index (χ4n) is 6.06. The molecule has 1 saturated heterocycles. The lowest BCUT2D eigenvalue weighted by molar-refractivity contribution is -0.104. The summed E-state index contributed by atoms with van der Waals surface area (Å²) < 4.78 is 20.0. The predicted octanol–water partition coefficient (Wildman–Crippen LogP) is 4.27. The molecular weight excluding hydrogens is 403 g/mol. The molecule has 2 aliphatic carbocycles. The highest BCUT2D eigenvalue weighted by Crippen LogP contribution is 2.51. The maximum Gasteiger partial charge on any atom is 0.132 e. The van der Waals surface area contributed by atoms with Crippen molar-refractivity contribution >= 4 is 10.9 Å². The van der Waals surface area contributed by atoms with E-state index in [1.807, 2.05) is 24.3 Å². The van der Waals surface area contributed by atoms with Gasteiger partial charge in [0.1, 0.15) is 11.6 Å². The molecule has 6 rings (SSSR count). The molecule has 0 bridgehead atoms. The Hall–Kier alpha value is -2.50. The first-order valence-electron chi connectivity index (χ1n) is 11.7. The van der Waals surface area contributed by atoms with E-state index in [1.54, 1.807) is 13.2 Å². The number of benzene rings is 2. The van der Waals surface area contributed by atoms with Crippen molar-refractivity contribution in [2.45, 2.75) is 43.1 Å². The molecule has 166 valence electrons. The quantitative estimate of drug-likeness (QED) is 0.669. The second-order valence-electron chi connectivity index (χ2n) is 10.0. The van der Waals surface area contributed by atoms with E-state index in [-0.39, 0.29) is 5.82 Å². The molecule has 0 amide bonds. The van der Waals surface area contributed by atoms with Gasteiger partial charge in [0.25, 0.3) is 0 Å². The molecule has 2 heterocycles. The van der Waals surface area contributed by atoms with Gasteiger partial charge in [-0.15, -0.1) is 0 Å². The van der Waals surface area contributed by atoms with E-state index in [1.165, 1.54) is 18.9 Å². The number of hydrogen-bond donors (Lipinski definition) is 1. The van der Waals surface area contributed by atoms with Gasteiger partial charge in [-0.25, -0.2) is 4.39 Å². The Bertz CT molecular complexity index is 1190. The molecule has 3 aliphatic rings. The average molecular weight is 433 g/mol. The van der Waals surface area contributed by atoms with Crippen molar-refractivity contribution in [3.8, 4) is 5.75 Å². The summed E-state index contributed by atoms with van der Waals surface area (Å²) in [4.78, 5) is 7.33. The lowest BCUT2D eigenvalue weighted by Gasteiger charge is -2.56. The molecule has 2 atom stereocenters. The van der Waals surface area contributed by atoms with Crippen LogP contribution in [0.15, 0.2) is 48.5 Å². The van der Waals surface area contributed by atoms with Crippen molar-refractivity contribution < 1.29 is 14.2 Å². The smallest absolute Gasteiger partial charge is 0.132 e. The number of halogens is 1. The third kappa shape index (κ3) is 3.13. The number of aliphatic hydroxyl groups is 1. The molecule has 1 aromatic heterocycles. The zero-order chi connectivity index (χ0) is 21.9. The van der Waals surface area contributed by atoms with E-state index < -0.39 is 11.0 Å². The molecule has 2 aromatic carbocycles. The van der Waals surface area contributed by atoms with Crippen LogP contribution < -0.4 is 4.74 Å². The number of fused-ring (bicyclic) bond motifs is 3. The van der Waals surface area contributed by atoms with Crippen molar-refractivity contribution in [3.63, 3.8) is 0 Å². The Morgan fingerprint density at radius 2 is 2.00 bits per heavy atom.